The third kappa shape index (κ3) is 4.53. The van der Waals surface area contributed by atoms with E-state index < -0.39 is 0 Å². The lowest BCUT2D eigenvalue weighted by Crippen LogP contribution is -2.37. The molecule has 1 aromatic carbocycles. The predicted octanol–water partition coefficient (Wildman–Crippen LogP) is 3.51. The Labute approximate surface area is 118 Å². The van der Waals surface area contributed by atoms with Crippen molar-refractivity contribution < 1.29 is 9.18 Å². The maximum absolute atomic E-state index is 13.0. The van der Waals surface area contributed by atoms with Crippen LogP contribution in [0.3, 0.4) is 0 Å². The summed E-state index contributed by atoms with van der Waals surface area (Å²) < 4.78 is 13.0. The second-order valence-electron chi connectivity index (χ2n) is 5.07. The molecule has 1 aromatic rings. The summed E-state index contributed by atoms with van der Waals surface area (Å²) in [7, 11) is 0. The largest absolute Gasteiger partial charge is 0.352 e. The normalized spacial score (nSPS) is 17.4. The number of nitrogens with one attached hydrogen (secondary N) is 1. The minimum Gasteiger partial charge on any atom is -0.352 e. The van der Waals surface area contributed by atoms with Gasteiger partial charge in [-0.25, -0.2) is 4.39 Å². The van der Waals surface area contributed by atoms with Gasteiger partial charge in [-0.2, -0.15) is 0 Å². The van der Waals surface area contributed by atoms with Gasteiger partial charge in [0.1, 0.15) is 5.82 Å². The van der Waals surface area contributed by atoms with E-state index in [2.05, 4.69) is 5.32 Å². The van der Waals surface area contributed by atoms with Crippen LogP contribution in [0.4, 0.5) is 4.39 Å². The molecule has 4 heteroatoms. The fraction of sp³-hybridized carbons (Fsp3) is 0.533. The average Bonchev–Trinajstić information content (AvgIpc) is 2.89. The molecule has 0 aliphatic heterocycles. The molecule has 1 amide bonds. The summed E-state index contributed by atoms with van der Waals surface area (Å²) in [6, 6.07) is 6.91. The lowest BCUT2D eigenvalue weighted by molar-refractivity contribution is -0.120. The first-order valence-corrected chi connectivity index (χ1v) is 7.86. The number of benzene rings is 1. The Morgan fingerprint density at radius 1 is 1.47 bits per heavy atom. The average molecular weight is 281 g/mol. The van der Waals surface area contributed by atoms with Gasteiger partial charge in [0.2, 0.25) is 5.91 Å². The van der Waals surface area contributed by atoms with Gasteiger partial charge < -0.3 is 5.32 Å². The zero-order chi connectivity index (χ0) is 13.7. The SMILES string of the molecule is C[C@@H](SCc1cccc(F)c1)C(=O)NC1CCCC1. The summed E-state index contributed by atoms with van der Waals surface area (Å²) in [5.74, 6) is 0.547. The molecule has 1 N–H and O–H groups in total. The number of hydrogen-bond donors (Lipinski definition) is 1. The van der Waals surface area contributed by atoms with E-state index in [9.17, 15) is 9.18 Å². The second-order valence-corrected chi connectivity index (χ2v) is 6.40. The van der Waals surface area contributed by atoms with E-state index in [4.69, 9.17) is 0 Å². The number of hydrogen-bond acceptors (Lipinski definition) is 2. The van der Waals surface area contributed by atoms with Crippen molar-refractivity contribution >= 4 is 17.7 Å². The van der Waals surface area contributed by atoms with Gasteiger partial charge in [-0.1, -0.05) is 25.0 Å². The van der Waals surface area contributed by atoms with Crippen LogP contribution in [0.5, 0.6) is 0 Å². The number of amides is 1. The van der Waals surface area contributed by atoms with Gasteiger partial charge in [0.05, 0.1) is 5.25 Å². The van der Waals surface area contributed by atoms with E-state index in [1.165, 1.54) is 25.0 Å². The van der Waals surface area contributed by atoms with Crippen molar-refractivity contribution in [3.8, 4) is 0 Å². The Morgan fingerprint density at radius 2 is 2.21 bits per heavy atom. The van der Waals surface area contributed by atoms with Crippen LogP contribution in [0.15, 0.2) is 24.3 Å². The molecule has 0 saturated heterocycles. The van der Waals surface area contributed by atoms with Gasteiger partial charge in [0.15, 0.2) is 0 Å². The predicted molar refractivity (Wildman–Crippen MR) is 77.6 cm³/mol. The minimum atomic E-state index is -0.221. The van der Waals surface area contributed by atoms with Crippen LogP contribution in [0.25, 0.3) is 0 Å². The zero-order valence-electron chi connectivity index (χ0n) is 11.2. The first kappa shape index (κ1) is 14.4. The lowest BCUT2D eigenvalue weighted by Gasteiger charge is -2.16. The highest BCUT2D eigenvalue weighted by atomic mass is 32.2. The second kappa shape index (κ2) is 6.94. The van der Waals surface area contributed by atoms with Gasteiger partial charge in [-0.15, -0.1) is 11.8 Å². The fourth-order valence-corrected chi connectivity index (χ4v) is 3.15. The van der Waals surface area contributed by atoms with Crippen LogP contribution in [-0.4, -0.2) is 17.2 Å². The van der Waals surface area contributed by atoms with Crippen LogP contribution in [0.1, 0.15) is 38.2 Å². The Bertz CT molecular complexity index is 432. The molecule has 2 nitrogen and oxygen atoms in total. The molecule has 0 radical (unpaired) electrons. The zero-order valence-corrected chi connectivity index (χ0v) is 12.0. The molecule has 1 aliphatic carbocycles. The van der Waals surface area contributed by atoms with E-state index in [-0.39, 0.29) is 17.0 Å². The van der Waals surface area contributed by atoms with Crippen molar-refractivity contribution in [1.29, 1.82) is 0 Å². The van der Waals surface area contributed by atoms with Gasteiger partial charge in [0, 0.05) is 11.8 Å². The first-order valence-electron chi connectivity index (χ1n) is 6.81. The van der Waals surface area contributed by atoms with E-state index in [0.29, 0.717) is 11.8 Å². The van der Waals surface area contributed by atoms with Crippen molar-refractivity contribution in [2.24, 2.45) is 0 Å². The summed E-state index contributed by atoms with van der Waals surface area (Å²) in [4.78, 5) is 12.0. The van der Waals surface area contributed by atoms with Crippen LogP contribution >= 0.6 is 11.8 Å². The standard InChI is InChI=1S/C15H20FNOS/c1-11(15(18)17-14-7-2-3-8-14)19-10-12-5-4-6-13(16)9-12/h4-6,9,11,14H,2-3,7-8,10H2,1H3,(H,17,18)/t11-/m1/s1. The highest BCUT2D eigenvalue weighted by Gasteiger charge is 2.20. The van der Waals surface area contributed by atoms with Crippen molar-refractivity contribution in [2.45, 2.75) is 49.7 Å². The summed E-state index contributed by atoms with van der Waals surface area (Å²) in [5, 5.41) is 3.00. The third-order valence-corrected chi connectivity index (χ3v) is 4.67. The molecule has 19 heavy (non-hydrogen) atoms. The van der Waals surface area contributed by atoms with Crippen LogP contribution in [-0.2, 0) is 10.5 Å². The van der Waals surface area contributed by atoms with E-state index in [1.54, 1.807) is 17.8 Å². The molecule has 2 rings (SSSR count). The fourth-order valence-electron chi connectivity index (χ4n) is 2.31. The Morgan fingerprint density at radius 3 is 2.89 bits per heavy atom. The molecule has 1 fully saturated rings. The molecule has 0 aromatic heterocycles. The van der Waals surface area contributed by atoms with Crippen molar-refractivity contribution in [2.75, 3.05) is 0 Å². The molecule has 0 unspecified atom stereocenters. The summed E-state index contributed by atoms with van der Waals surface area (Å²) in [6.45, 7) is 1.91. The van der Waals surface area contributed by atoms with Crippen LogP contribution in [0.2, 0.25) is 0 Å². The molecular weight excluding hydrogens is 261 g/mol. The first-order chi connectivity index (χ1) is 9.15. The third-order valence-electron chi connectivity index (χ3n) is 3.46. The maximum atomic E-state index is 13.0. The van der Waals surface area contributed by atoms with Crippen LogP contribution in [0, 0.1) is 5.82 Å². The topological polar surface area (TPSA) is 29.1 Å². The van der Waals surface area contributed by atoms with Crippen molar-refractivity contribution in [3.63, 3.8) is 0 Å². The van der Waals surface area contributed by atoms with Gasteiger partial charge >= 0.3 is 0 Å². The lowest BCUT2D eigenvalue weighted by atomic mass is 10.2. The summed E-state index contributed by atoms with van der Waals surface area (Å²) in [6.07, 6.45) is 4.64. The Hall–Kier alpha value is -1.03. The molecule has 1 atom stereocenters. The number of thioether (sulfide) groups is 1. The Kier molecular flexibility index (Phi) is 5.25. The number of carbonyl (C=O) groups excluding carboxylic acids is 1. The molecule has 0 heterocycles. The molecular formula is C15H20FNOS. The highest BCUT2D eigenvalue weighted by molar-refractivity contribution is 7.99. The van der Waals surface area contributed by atoms with Gasteiger partial charge in [0.25, 0.3) is 0 Å². The van der Waals surface area contributed by atoms with E-state index >= 15 is 0 Å². The molecule has 104 valence electrons. The molecule has 1 saturated carbocycles. The summed E-state index contributed by atoms with van der Waals surface area (Å²) >= 11 is 1.55. The van der Waals surface area contributed by atoms with Crippen molar-refractivity contribution in [1.82, 2.24) is 5.32 Å². The molecule has 0 spiro atoms. The van der Waals surface area contributed by atoms with Crippen molar-refractivity contribution in [3.05, 3.63) is 35.6 Å². The quantitative estimate of drug-likeness (QED) is 0.895. The molecule has 0 bridgehead atoms. The van der Waals surface area contributed by atoms with Crippen LogP contribution < -0.4 is 5.32 Å². The monoisotopic (exact) mass is 281 g/mol. The minimum absolute atomic E-state index is 0.0936. The van der Waals surface area contributed by atoms with Gasteiger partial charge in [-0.3, -0.25) is 4.79 Å². The smallest absolute Gasteiger partial charge is 0.233 e. The number of carbonyl (C=O) groups is 1. The summed E-state index contributed by atoms with van der Waals surface area (Å²) in [5.41, 5.74) is 0.922. The van der Waals surface area contributed by atoms with Gasteiger partial charge in [-0.05, 0) is 37.5 Å². The maximum Gasteiger partial charge on any atom is 0.233 e. The highest BCUT2D eigenvalue weighted by Crippen LogP contribution is 2.21. The Balaban J connectivity index is 1.76. The number of halogens is 1. The number of rotatable bonds is 5. The van der Waals surface area contributed by atoms with E-state index in [1.807, 2.05) is 13.0 Å². The molecule has 1 aliphatic rings. The van der Waals surface area contributed by atoms with E-state index in [0.717, 1.165) is 18.4 Å².